The Morgan fingerprint density at radius 1 is 0.500 bits per heavy atom. The SMILES string of the molecule is [B]c1c(C#N)c(-c2cccc3c2sc2ccccc23)c([B])c(C#N)c1-c1cccc2c1sc1ccccc12. The maximum Gasteiger partial charge on any atom is 0.116 e. The highest BCUT2D eigenvalue weighted by Gasteiger charge is 2.24. The van der Waals surface area contributed by atoms with Gasteiger partial charge in [0.2, 0.25) is 0 Å². The van der Waals surface area contributed by atoms with Crippen LogP contribution in [0.4, 0.5) is 0 Å². The predicted molar refractivity (Wildman–Crippen MR) is 163 cm³/mol. The van der Waals surface area contributed by atoms with Crippen LogP contribution in [-0.2, 0) is 0 Å². The minimum atomic E-state index is 0.274. The van der Waals surface area contributed by atoms with Crippen LogP contribution in [0.5, 0.6) is 0 Å². The van der Waals surface area contributed by atoms with Gasteiger partial charge in [-0.1, -0.05) is 83.7 Å². The van der Waals surface area contributed by atoms with Gasteiger partial charge in [-0.2, -0.15) is 10.5 Å². The molecule has 6 heteroatoms. The van der Waals surface area contributed by atoms with E-state index in [2.05, 4.69) is 48.5 Å². The van der Waals surface area contributed by atoms with E-state index in [1.165, 1.54) is 0 Å². The number of hydrogen-bond donors (Lipinski definition) is 0. The quantitative estimate of drug-likeness (QED) is 0.232. The van der Waals surface area contributed by atoms with Gasteiger partial charge in [0.15, 0.2) is 0 Å². The first-order chi connectivity index (χ1) is 18.6. The lowest BCUT2D eigenvalue weighted by molar-refractivity contribution is 1.48. The third-order valence-electron chi connectivity index (χ3n) is 7.15. The summed E-state index contributed by atoms with van der Waals surface area (Å²) in [6.45, 7) is 0. The van der Waals surface area contributed by atoms with Crippen LogP contribution in [0.15, 0.2) is 84.9 Å². The van der Waals surface area contributed by atoms with Crippen molar-refractivity contribution in [1.82, 2.24) is 0 Å². The van der Waals surface area contributed by atoms with E-state index in [1.54, 1.807) is 22.7 Å². The minimum Gasteiger partial charge on any atom is -0.192 e. The van der Waals surface area contributed by atoms with E-state index in [9.17, 15) is 10.5 Å². The molecule has 0 N–H and O–H groups in total. The van der Waals surface area contributed by atoms with Gasteiger partial charge >= 0.3 is 0 Å². The molecule has 0 amide bonds. The van der Waals surface area contributed by atoms with E-state index < -0.39 is 0 Å². The Morgan fingerprint density at radius 3 is 1.32 bits per heavy atom. The second-order valence-corrected chi connectivity index (χ2v) is 11.2. The predicted octanol–water partition coefficient (Wildman–Crippen LogP) is 7.09. The Kier molecular flexibility index (Phi) is 5.17. The number of nitriles is 2. The molecule has 0 saturated heterocycles. The highest BCUT2D eigenvalue weighted by atomic mass is 32.1. The number of rotatable bonds is 2. The van der Waals surface area contributed by atoms with E-state index in [0.717, 1.165) is 51.5 Å². The summed E-state index contributed by atoms with van der Waals surface area (Å²) in [5.74, 6) is 0. The van der Waals surface area contributed by atoms with Crippen LogP contribution in [0.25, 0.3) is 62.6 Å². The van der Waals surface area contributed by atoms with Crippen molar-refractivity contribution in [1.29, 1.82) is 10.5 Å². The largest absolute Gasteiger partial charge is 0.192 e. The molecule has 0 spiro atoms. The van der Waals surface area contributed by atoms with Gasteiger partial charge in [0.05, 0.1) is 23.3 Å². The zero-order valence-electron chi connectivity index (χ0n) is 19.9. The first-order valence-electron chi connectivity index (χ1n) is 12.0. The third kappa shape index (κ3) is 3.12. The van der Waals surface area contributed by atoms with Crippen molar-refractivity contribution >= 4 is 89.6 Å². The van der Waals surface area contributed by atoms with Crippen LogP contribution in [0.1, 0.15) is 11.1 Å². The average Bonchev–Trinajstić information content (AvgIpc) is 3.52. The summed E-state index contributed by atoms with van der Waals surface area (Å²) in [6, 6.07) is 33.1. The van der Waals surface area contributed by atoms with Crippen molar-refractivity contribution in [3.63, 3.8) is 0 Å². The molecular formula is C32H14B2N2S2. The van der Waals surface area contributed by atoms with Crippen molar-refractivity contribution in [2.45, 2.75) is 0 Å². The van der Waals surface area contributed by atoms with Crippen LogP contribution in [0, 0.1) is 22.7 Å². The van der Waals surface area contributed by atoms with Crippen molar-refractivity contribution in [2.24, 2.45) is 0 Å². The van der Waals surface area contributed by atoms with Crippen LogP contribution < -0.4 is 10.9 Å². The monoisotopic (exact) mass is 512 g/mol. The van der Waals surface area contributed by atoms with E-state index in [1.807, 2.05) is 48.5 Å². The molecule has 0 unspecified atom stereocenters. The molecule has 7 aromatic rings. The summed E-state index contributed by atoms with van der Waals surface area (Å²) in [7, 11) is 13.6. The van der Waals surface area contributed by atoms with Gasteiger partial charge in [-0.25, -0.2) is 0 Å². The fraction of sp³-hybridized carbons (Fsp3) is 0. The van der Waals surface area contributed by atoms with Crippen molar-refractivity contribution in [3.8, 4) is 34.4 Å². The molecule has 0 aliphatic rings. The van der Waals surface area contributed by atoms with Gasteiger partial charge in [0.1, 0.15) is 15.7 Å². The minimum absolute atomic E-state index is 0.274. The zero-order chi connectivity index (χ0) is 26.0. The van der Waals surface area contributed by atoms with Gasteiger partial charge in [-0.15, -0.1) is 22.7 Å². The molecule has 7 rings (SSSR count). The second kappa shape index (κ2) is 8.61. The van der Waals surface area contributed by atoms with Gasteiger partial charge in [-0.05, 0) is 23.3 Å². The molecule has 2 aromatic heterocycles. The third-order valence-corrected chi connectivity index (χ3v) is 9.59. The van der Waals surface area contributed by atoms with Crippen LogP contribution in [0.2, 0.25) is 0 Å². The maximum atomic E-state index is 10.4. The molecular weight excluding hydrogens is 498 g/mol. The van der Waals surface area contributed by atoms with Gasteiger partial charge in [0, 0.05) is 51.5 Å². The summed E-state index contributed by atoms with van der Waals surface area (Å²) in [5.41, 5.74) is 3.80. The molecule has 0 atom stereocenters. The Labute approximate surface area is 229 Å². The van der Waals surface area contributed by atoms with E-state index in [-0.39, 0.29) is 10.9 Å². The Morgan fingerprint density at radius 2 is 0.895 bits per heavy atom. The lowest BCUT2D eigenvalue weighted by Crippen LogP contribution is -2.25. The number of fused-ring (bicyclic) bond motifs is 6. The molecule has 170 valence electrons. The summed E-state index contributed by atoms with van der Waals surface area (Å²) in [5, 5.41) is 25.3. The Bertz CT molecular complexity index is 2030. The van der Waals surface area contributed by atoms with E-state index in [4.69, 9.17) is 15.7 Å². The first-order valence-corrected chi connectivity index (χ1v) is 13.6. The molecule has 38 heavy (non-hydrogen) atoms. The van der Waals surface area contributed by atoms with Gasteiger partial charge in [0.25, 0.3) is 0 Å². The van der Waals surface area contributed by atoms with E-state index >= 15 is 0 Å². The Balaban J connectivity index is 1.58. The number of nitrogens with zero attached hydrogens (tertiary/aromatic N) is 2. The highest BCUT2D eigenvalue weighted by molar-refractivity contribution is 7.26. The van der Waals surface area contributed by atoms with E-state index in [0.29, 0.717) is 22.3 Å². The van der Waals surface area contributed by atoms with Gasteiger partial charge in [-0.3, -0.25) is 0 Å². The first kappa shape index (κ1) is 22.8. The molecule has 4 radical (unpaired) electrons. The fourth-order valence-electron chi connectivity index (χ4n) is 5.47. The molecule has 5 aromatic carbocycles. The lowest BCUT2D eigenvalue weighted by atomic mass is 9.70. The van der Waals surface area contributed by atoms with Crippen molar-refractivity contribution in [3.05, 3.63) is 96.1 Å². The lowest BCUT2D eigenvalue weighted by Gasteiger charge is -2.20. The highest BCUT2D eigenvalue weighted by Crippen LogP contribution is 2.43. The van der Waals surface area contributed by atoms with Crippen LogP contribution >= 0.6 is 22.7 Å². The topological polar surface area (TPSA) is 47.6 Å². The standard InChI is InChI=1S/C32H14B2N2S2/c33-29-24(16-36)28(22-12-6-10-20-18-8-2-4-14-26(18)38-32(20)22)30(34)23(15-35)27(29)21-11-5-9-19-17-7-1-3-13-25(17)37-31(19)21/h1-14H. The van der Waals surface area contributed by atoms with Crippen molar-refractivity contribution < 1.29 is 0 Å². The van der Waals surface area contributed by atoms with Gasteiger partial charge < -0.3 is 0 Å². The van der Waals surface area contributed by atoms with Crippen LogP contribution in [-0.4, -0.2) is 15.7 Å². The summed E-state index contributed by atoms with van der Waals surface area (Å²) in [6.07, 6.45) is 0. The molecule has 0 aliphatic heterocycles. The second-order valence-electron chi connectivity index (χ2n) is 9.11. The number of hydrogen-bond acceptors (Lipinski definition) is 4. The normalized spacial score (nSPS) is 11.3. The smallest absolute Gasteiger partial charge is 0.116 e. The number of benzene rings is 5. The molecule has 2 nitrogen and oxygen atoms in total. The Hall–Kier alpha value is -4.35. The summed E-state index contributed by atoms with van der Waals surface area (Å²) in [4.78, 5) is 0. The molecule has 0 aliphatic carbocycles. The fourth-order valence-corrected chi connectivity index (χ4v) is 7.91. The average molecular weight is 512 g/mol. The molecule has 2 heterocycles. The summed E-state index contributed by atoms with van der Waals surface area (Å²) < 4.78 is 4.32. The molecule has 0 saturated carbocycles. The maximum absolute atomic E-state index is 10.4. The summed E-state index contributed by atoms with van der Waals surface area (Å²) >= 11 is 3.30. The van der Waals surface area contributed by atoms with Crippen molar-refractivity contribution in [2.75, 3.05) is 0 Å². The molecule has 0 fully saturated rings. The molecule has 0 bridgehead atoms. The van der Waals surface area contributed by atoms with Crippen LogP contribution in [0.3, 0.4) is 0 Å². The zero-order valence-corrected chi connectivity index (χ0v) is 21.6. The number of thiophene rings is 2.